The van der Waals surface area contributed by atoms with Crippen molar-refractivity contribution in [2.75, 3.05) is 5.75 Å². The molecule has 1 aliphatic rings. The normalized spacial score (nSPS) is 15.0. The van der Waals surface area contributed by atoms with Crippen molar-refractivity contribution in [1.29, 1.82) is 0 Å². The third-order valence-electron chi connectivity index (χ3n) is 5.62. The third kappa shape index (κ3) is 6.63. The van der Waals surface area contributed by atoms with Crippen LogP contribution in [-0.2, 0) is 21.9 Å². The van der Waals surface area contributed by atoms with E-state index in [-0.39, 0.29) is 17.9 Å². The van der Waals surface area contributed by atoms with Gasteiger partial charge < -0.3 is 10.2 Å². The van der Waals surface area contributed by atoms with E-state index in [4.69, 9.17) is 0 Å². The van der Waals surface area contributed by atoms with Crippen LogP contribution in [0.15, 0.2) is 60.7 Å². The van der Waals surface area contributed by atoms with Gasteiger partial charge in [0.25, 0.3) is 0 Å². The van der Waals surface area contributed by atoms with Gasteiger partial charge in [-0.05, 0) is 30.4 Å². The minimum Gasteiger partial charge on any atom is -0.352 e. The van der Waals surface area contributed by atoms with Gasteiger partial charge in [0.2, 0.25) is 11.8 Å². The van der Waals surface area contributed by atoms with E-state index < -0.39 is 6.04 Å². The number of nitrogens with zero attached hydrogens (tertiary/aromatic N) is 1. The van der Waals surface area contributed by atoms with Crippen LogP contribution in [0.4, 0.5) is 0 Å². The van der Waals surface area contributed by atoms with Crippen LogP contribution in [0.25, 0.3) is 0 Å². The van der Waals surface area contributed by atoms with E-state index in [2.05, 4.69) is 17.4 Å². The number of thioether (sulfide) groups is 1. The molecule has 4 nitrogen and oxygen atoms in total. The van der Waals surface area contributed by atoms with Gasteiger partial charge >= 0.3 is 0 Å². The molecular weight excluding hydrogens is 392 g/mol. The minimum absolute atomic E-state index is 0.0123. The van der Waals surface area contributed by atoms with Crippen LogP contribution in [0.5, 0.6) is 0 Å². The number of hydrogen-bond acceptors (Lipinski definition) is 3. The van der Waals surface area contributed by atoms with Crippen LogP contribution in [-0.4, -0.2) is 34.6 Å². The van der Waals surface area contributed by atoms with Crippen molar-refractivity contribution in [2.45, 2.75) is 63.4 Å². The number of rotatable bonds is 10. The Bertz CT molecular complexity index is 791. The largest absolute Gasteiger partial charge is 0.352 e. The molecule has 3 rings (SSSR count). The van der Waals surface area contributed by atoms with Crippen molar-refractivity contribution >= 4 is 23.6 Å². The van der Waals surface area contributed by atoms with Crippen LogP contribution in [0.3, 0.4) is 0 Å². The highest BCUT2D eigenvalue weighted by molar-refractivity contribution is 7.99. The third-order valence-corrected chi connectivity index (χ3v) is 6.61. The summed E-state index contributed by atoms with van der Waals surface area (Å²) < 4.78 is 0. The molecule has 1 saturated carbocycles. The van der Waals surface area contributed by atoms with Crippen molar-refractivity contribution in [2.24, 2.45) is 0 Å². The van der Waals surface area contributed by atoms with E-state index in [0.717, 1.165) is 24.2 Å². The van der Waals surface area contributed by atoms with E-state index in [1.807, 2.05) is 55.5 Å². The molecule has 0 saturated heterocycles. The Morgan fingerprint density at radius 2 is 1.60 bits per heavy atom. The molecule has 5 heteroatoms. The van der Waals surface area contributed by atoms with Crippen molar-refractivity contribution in [3.8, 4) is 0 Å². The van der Waals surface area contributed by atoms with Gasteiger partial charge in [0.1, 0.15) is 6.04 Å². The van der Waals surface area contributed by atoms with Crippen LogP contribution in [0.2, 0.25) is 0 Å². The average Bonchev–Trinajstić information content (AvgIpc) is 3.28. The molecule has 30 heavy (non-hydrogen) atoms. The predicted octanol–water partition coefficient (Wildman–Crippen LogP) is 4.79. The average molecular weight is 425 g/mol. The summed E-state index contributed by atoms with van der Waals surface area (Å²) in [6.45, 7) is 2.45. The summed E-state index contributed by atoms with van der Waals surface area (Å²) in [6.07, 6.45) is 5.04. The molecule has 2 aromatic carbocycles. The number of benzene rings is 2. The number of carbonyl (C=O) groups is 2. The van der Waals surface area contributed by atoms with Gasteiger partial charge in [0, 0.05) is 18.3 Å². The van der Waals surface area contributed by atoms with Crippen molar-refractivity contribution < 1.29 is 9.59 Å². The molecule has 2 aromatic rings. The Morgan fingerprint density at radius 1 is 1.00 bits per heavy atom. The molecule has 0 aliphatic heterocycles. The smallest absolute Gasteiger partial charge is 0.243 e. The lowest BCUT2D eigenvalue weighted by Gasteiger charge is -2.31. The lowest BCUT2D eigenvalue weighted by Crippen LogP contribution is -2.51. The Kier molecular flexibility index (Phi) is 8.81. The maximum atomic E-state index is 13.2. The van der Waals surface area contributed by atoms with Crippen LogP contribution in [0.1, 0.15) is 50.2 Å². The first-order chi connectivity index (χ1) is 14.7. The Hall–Kier alpha value is -2.27. The standard InChI is InChI=1S/C25H32N2O2S/c1-2-23(25(29)26-22-15-9-10-16-22)27(17-20-11-5-3-6-12-20)24(28)19-30-18-21-13-7-4-8-14-21/h3-8,11-14,22-23H,2,9-10,15-19H2,1H3,(H,26,29)/t23-/m1/s1. The van der Waals surface area contributed by atoms with Crippen molar-refractivity contribution in [1.82, 2.24) is 10.2 Å². The second-order valence-corrected chi connectivity index (χ2v) is 8.89. The minimum atomic E-state index is -0.435. The first kappa shape index (κ1) is 22.4. The quantitative estimate of drug-likeness (QED) is 0.597. The summed E-state index contributed by atoms with van der Waals surface area (Å²) in [5.41, 5.74) is 2.25. The fourth-order valence-electron chi connectivity index (χ4n) is 3.98. The number of amides is 2. The highest BCUT2D eigenvalue weighted by Gasteiger charge is 2.30. The van der Waals surface area contributed by atoms with Crippen molar-refractivity contribution in [3.05, 3.63) is 71.8 Å². The predicted molar refractivity (Wildman–Crippen MR) is 124 cm³/mol. The Labute approximate surface area is 184 Å². The van der Waals surface area contributed by atoms with Crippen LogP contribution >= 0.6 is 11.8 Å². The zero-order valence-electron chi connectivity index (χ0n) is 17.8. The zero-order chi connectivity index (χ0) is 21.2. The van der Waals surface area contributed by atoms with E-state index in [0.29, 0.717) is 18.7 Å². The summed E-state index contributed by atoms with van der Waals surface area (Å²) in [5.74, 6) is 1.17. The summed E-state index contributed by atoms with van der Waals surface area (Å²) in [4.78, 5) is 28.0. The molecule has 1 N–H and O–H groups in total. The van der Waals surface area contributed by atoms with Gasteiger partial charge in [-0.2, -0.15) is 0 Å². The molecule has 0 heterocycles. The van der Waals surface area contributed by atoms with Crippen molar-refractivity contribution in [3.63, 3.8) is 0 Å². The van der Waals surface area contributed by atoms with Gasteiger partial charge in [0.15, 0.2) is 0 Å². The molecule has 0 unspecified atom stereocenters. The van der Waals surface area contributed by atoms with E-state index in [1.54, 1.807) is 16.7 Å². The molecule has 0 spiro atoms. The van der Waals surface area contributed by atoms with E-state index >= 15 is 0 Å². The molecule has 1 atom stereocenters. The SMILES string of the molecule is CC[C@H](C(=O)NC1CCCC1)N(Cc1ccccc1)C(=O)CSCc1ccccc1. The summed E-state index contributed by atoms with van der Waals surface area (Å²) in [7, 11) is 0. The first-order valence-electron chi connectivity index (χ1n) is 10.9. The maximum absolute atomic E-state index is 13.2. The summed E-state index contributed by atoms with van der Waals surface area (Å²) in [6, 6.07) is 19.9. The lowest BCUT2D eigenvalue weighted by atomic mass is 10.1. The van der Waals surface area contributed by atoms with E-state index in [1.165, 1.54) is 18.4 Å². The number of nitrogens with one attached hydrogen (secondary N) is 1. The van der Waals surface area contributed by atoms with Crippen LogP contribution < -0.4 is 5.32 Å². The highest BCUT2D eigenvalue weighted by atomic mass is 32.2. The van der Waals surface area contributed by atoms with Gasteiger partial charge in [-0.25, -0.2) is 0 Å². The fourth-order valence-corrected chi connectivity index (χ4v) is 4.85. The van der Waals surface area contributed by atoms with Gasteiger partial charge in [-0.3, -0.25) is 9.59 Å². The highest BCUT2D eigenvalue weighted by Crippen LogP contribution is 2.20. The summed E-state index contributed by atoms with van der Waals surface area (Å²) >= 11 is 1.60. The Morgan fingerprint density at radius 3 is 2.20 bits per heavy atom. The molecule has 160 valence electrons. The zero-order valence-corrected chi connectivity index (χ0v) is 18.6. The van der Waals surface area contributed by atoms with Crippen LogP contribution in [0, 0.1) is 0 Å². The Balaban J connectivity index is 1.67. The van der Waals surface area contributed by atoms with E-state index in [9.17, 15) is 9.59 Å². The maximum Gasteiger partial charge on any atom is 0.243 e. The molecular formula is C25H32N2O2S. The fraction of sp³-hybridized carbons (Fsp3) is 0.440. The first-order valence-corrected chi connectivity index (χ1v) is 12.1. The summed E-state index contributed by atoms with van der Waals surface area (Å²) in [5, 5.41) is 3.19. The molecule has 2 amide bonds. The van der Waals surface area contributed by atoms with Gasteiger partial charge in [-0.1, -0.05) is 80.4 Å². The second kappa shape index (κ2) is 11.8. The molecule has 0 aromatic heterocycles. The number of hydrogen-bond donors (Lipinski definition) is 1. The molecule has 1 fully saturated rings. The monoisotopic (exact) mass is 424 g/mol. The van der Waals surface area contributed by atoms with Gasteiger partial charge in [-0.15, -0.1) is 11.8 Å². The molecule has 0 radical (unpaired) electrons. The topological polar surface area (TPSA) is 49.4 Å². The molecule has 0 bridgehead atoms. The lowest BCUT2D eigenvalue weighted by molar-refractivity contribution is -0.139. The van der Waals surface area contributed by atoms with Gasteiger partial charge in [0.05, 0.1) is 5.75 Å². The second-order valence-electron chi connectivity index (χ2n) is 7.90. The molecule has 1 aliphatic carbocycles. The number of carbonyl (C=O) groups excluding carboxylic acids is 2.